The maximum absolute atomic E-state index is 13.9. The Kier molecular flexibility index (Phi) is 7.54. The number of aromatic amines is 1. The molecule has 3 aromatic carbocycles. The summed E-state index contributed by atoms with van der Waals surface area (Å²) in [7, 11) is 2.34. The number of phosphoric acid groups is 1. The Labute approximate surface area is 218 Å². The number of ketones is 1. The van der Waals surface area contributed by atoms with Crippen LogP contribution in [0.25, 0.3) is 22.0 Å². The van der Waals surface area contributed by atoms with Crippen LogP contribution in [-0.4, -0.2) is 56.1 Å². The quantitative estimate of drug-likeness (QED) is 0.192. The highest BCUT2D eigenvalue weighted by molar-refractivity contribution is 7.46. The van der Waals surface area contributed by atoms with Crippen molar-refractivity contribution in [3.63, 3.8) is 0 Å². The van der Waals surface area contributed by atoms with Gasteiger partial charge in [0.1, 0.15) is 5.75 Å². The Morgan fingerprint density at radius 1 is 0.763 bits per heavy atom. The molecule has 0 fully saturated rings. The lowest BCUT2D eigenvalue weighted by atomic mass is 9.97. The summed E-state index contributed by atoms with van der Waals surface area (Å²) in [5, 5.41) is 0.661. The first-order valence-electron chi connectivity index (χ1n) is 11.1. The van der Waals surface area contributed by atoms with E-state index >= 15 is 0 Å². The van der Waals surface area contributed by atoms with E-state index in [-0.39, 0.29) is 22.8 Å². The number of rotatable bonds is 10. The third-order valence-corrected chi connectivity index (χ3v) is 6.26. The molecule has 4 aromatic rings. The van der Waals surface area contributed by atoms with Gasteiger partial charge in [-0.1, -0.05) is 6.07 Å². The van der Waals surface area contributed by atoms with Gasteiger partial charge in [-0.15, -0.1) is 0 Å². The van der Waals surface area contributed by atoms with Gasteiger partial charge in [0.15, 0.2) is 23.0 Å². The normalized spacial score (nSPS) is 11.2. The Bertz CT molecular complexity index is 1530. The second-order valence-electron chi connectivity index (χ2n) is 7.98. The van der Waals surface area contributed by atoms with Crippen molar-refractivity contribution in [2.24, 2.45) is 0 Å². The first-order chi connectivity index (χ1) is 18.1. The molecule has 11 nitrogen and oxygen atoms in total. The predicted molar refractivity (Wildman–Crippen MR) is 139 cm³/mol. The van der Waals surface area contributed by atoms with Crippen molar-refractivity contribution in [3.8, 4) is 45.6 Å². The Hall–Kier alpha value is -4.18. The maximum atomic E-state index is 13.9. The van der Waals surface area contributed by atoms with Gasteiger partial charge in [0.25, 0.3) is 0 Å². The second kappa shape index (κ2) is 10.7. The van der Waals surface area contributed by atoms with Crippen molar-refractivity contribution in [1.29, 1.82) is 0 Å². The average molecular weight is 543 g/mol. The molecule has 0 aliphatic carbocycles. The SMILES string of the molecule is COc1ccc2c(-c3ccc(OC)c(OP(=O)(O)O)c3)c(C(=O)c3cc(OC)c(OC)c(OC)c3)[nH]c2c1. The van der Waals surface area contributed by atoms with Gasteiger partial charge >= 0.3 is 7.82 Å². The lowest BCUT2D eigenvalue weighted by Crippen LogP contribution is -2.06. The summed E-state index contributed by atoms with van der Waals surface area (Å²) < 4.78 is 43.2. The molecule has 0 unspecified atom stereocenters. The highest BCUT2D eigenvalue weighted by atomic mass is 31.2. The molecule has 0 saturated carbocycles. The van der Waals surface area contributed by atoms with Crippen LogP contribution in [0.15, 0.2) is 48.5 Å². The fourth-order valence-electron chi connectivity index (χ4n) is 4.16. The molecule has 1 aromatic heterocycles. The summed E-state index contributed by atoms with van der Waals surface area (Å²) in [6, 6.07) is 12.9. The zero-order chi connectivity index (χ0) is 27.6. The topological polar surface area (TPSA) is 146 Å². The number of ether oxygens (including phenoxy) is 5. The summed E-state index contributed by atoms with van der Waals surface area (Å²) >= 11 is 0. The molecule has 0 aliphatic heterocycles. The van der Waals surface area contributed by atoms with E-state index in [1.807, 2.05) is 0 Å². The molecule has 0 aliphatic rings. The summed E-state index contributed by atoms with van der Waals surface area (Å²) in [4.78, 5) is 35.9. The molecule has 12 heteroatoms. The molecule has 0 spiro atoms. The number of fused-ring (bicyclic) bond motifs is 1. The smallest absolute Gasteiger partial charge is 0.497 e. The monoisotopic (exact) mass is 543 g/mol. The number of carbonyl (C=O) groups is 1. The van der Waals surface area contributed by atoms with E-state index in [0.717, 1.165) is 0 Å². The number of benzene rings is 3. The molecule has 200 valence electrons. The summed E-state index contributed by atoms with van der Waals surface area (Å²) in [5.41, 5.74) is 1.97. The van der Waals surface area contributed by atoms with Crippen molar-refractivity contribution in [1.82, 2.24) is 4.98 Å². The molecule has 0 radical (unpaired) electrons. The number of methoxy groups -OCH3 is 5. The minimum atomic E-state index is -4.90. The third-order valence-electron chi connectivity index (χ3n) is 5.83. The molecule has 4 rings (SSSR count). The lowest BCUT2D eigenvalue weighted by Gasteiger charge is -2.15. The molecule has 0 bridgehead atoms. The lowest BCUT2D eigenvalue weighted by molar-refractivity contribution is 0.103. The van der Waals surface area contributed by atoms with Crippen molar-refractivity contribution in [3.05, 3.63) is 59.8 Å². The van der Waals surface area contributed by atoms with Gasteiger partial charge < -0.3 is 33.2 Å². The first-order valence-corrected chi connectivity index (χ1v) is 12.6. The molecule has 0 amide bonds. The van der Waals surface area contributed by atoms with Crippen molar-refractivity contribution < 1.29 is 47.4 Å². The third kappa shape index (κ3) is 5.12. The van der Waals surface area contributed by atoms with Gasteiger partial charge in [-0.25, -0.2) is 4.57 Å². The summed E-state index contributed by atoms with van der Waals surface area (Å²) in [5.74, 6) is 1.03. The van der Waals surface area contributed by atoms with Crippen molar-refractivity contribution in [2.45, 2.75) is 0 Å². The molecular formula is C26H26NO10P. The molecule has 0 saturated heterocycles. The van der Waals surface area contributed by atoms with Crippen molar-refractivity contribution in [2.75, 3.05) is 35.5 Å². The van der Waals surface area contributed by atoms with Crippen LogP contribution in [0.1, 0.15) is 16.1 Å². The van der Waals surface area contributed by atoms with E-state index in [2.05, 4.69) is 4.98 Å². The fraction of sp³-hybridized carbons (Fsp3) is 0.192. The number of hydrogen-bond acceptors (Lipinski definition) is 8. The minimum Gasteiger partial charge on any atom is -0.497 e. The standard InChI is InChI=1S/C26H26NO10P/c1-32-16-7-8-17-18(13-16)27-24(25(28)15-11-21(34-3)26(36-5)22(12-15)35-4)23(17)14-6-9-19(33-2)20(10-14)37-38(29,30)31/h6-13,27H,1-5H3,(H2,29,30,31). The van der Waals surface area contributed by atoms with Crippen LogP contribution in [0.5, 0.6) is 34.5 Å². The van der Waals surface area contributed by atoms with E-state index in [1.165, 1.54) is 59.8 Å². The van der Waals surface area contributed by atoms with Gasteiger partial charge in [0.2, 0.25) is 11.5 Å². The second-order valence-corrected chi connectivity index (χ2v) is 9.14. The predicted octanol–water partition coefficient (Wildman–Crippen LogP) is 4.58. The van der Waals surface area contributed by atoms with Crippen LogP contribution in [0.2, 0.25) is 0 Å². The Morgan fingerprint density at radius 2 is 1.42 bits per heavy atom. The number of hydrogen-bond donors (Lipinski definition) is 3. The average Bonchev–Trinajstić information content (AvgIpc) is 3.29. The molecule has 3 N–H and O–H groups in total. The van der Waals surface area contributed by atoms with Crippen molar-refractivity contribution >= 4 is 24.5 Å². The van der Waals surface area contributed by atoms with Crippen LogP contribution in [-0.2, 0) is 4.57 Å². The van der Waals surface area contributed by atoms with E-state index < -0.39 is 13.6 Å². The van der Waals surface area contributed by atoms with Gasteiger partial charge in [-0.2, -0.15) is 0 Å². The number of aromatic nitrogens is 1. The van der Waals surface area contributed by atoms with Crippen LogP contribution in [0, 0.1) is 0 Å². The van der Waals surface area contributed by atoms with Crippen LogP contribution in [0.4, 0.5) is 0 Å². The maximum Gasteiger partial charge on any atom is 0.524 e. The number of nitrogens with one attached hydrogen (secondary N) is 1. The highest BCUT2D eigenvalue weighted by Crippen LogP contribution is 2.45. The van der Waals surface area contributed by atoms with E-state index in [9.17, 15) is 19.1 Å². The number of H-pyrrole nitrogens is 1. The van der Waals surface area contributed by atoms with Crippen LogP contribution >= 0.6 is 7.82 Å². The first kappa shape index (κ1) is 26.9. The largest absolute Gasteiger partial charge is 0.524 e. The van der Waals surface area contributed by atoms with Gasteiger partial charge in [-0.3, -0.25) is 14.6 Å². The Morgan fingerprint density at radius 3 is 1.97 bits per heavy atom. The van der Waals surface area contributed by atoms with Gasteiger partial charge in [0, 0.05) is 22.6 Å². The van der Waals surface area contributed by atoms with E-state index in [4.69, 9.17) is 28.2 Å². The molecule has 1 heterocycles. The van der Waals surface area contributed by atoms with Gasteiger partial charge in [0.05, 0.1) is 46.8 Å². The minimum absolute atomic E-state index is 0.107. The Balaban J connectivity index is 1.97. The van der Waals surface area contributed by atoms with Crippen LogP contribution in [0.3, 0.4) is 0 Å². The highest BCUT2D eigenvalue weighted by Gasteiger charge is 2.26. The van der Waals surface area contributed by atoms with E-state index in [0.29, 0.717) is 45.0 Å². The molecule has 38 heavy (non-hydrogen) atoms. The molecule has 0 atom stereocenters. The van der Waals surface area contributed by atoms with Gasteiger partial charge in [-0.05, 0) is 42.0 Å². The number of carbonyl (C=O) groups excluding carboxylic acids is 1. The summed E-state index contributed by atoms with van der Waals surface area (Å²) in [6.07, 6.45) is 0. The van der Waals surface area contributed by atoms with Crippen LogP contribution < -0.4 is 28.2 Å². The zero-order valence-corrected chi connectivity index (χ0v) is 22.1. The van der Waals surface area contributed by atoms with E-state index in [1.54, 1.807) is 24.3 Å². The summed E-state index contributed by atoms with van der Waals surface area (Å²) in [6.45, 7) is 0. The fourth-order valence-corrected chi connectivity index (χ4v) is 4.56. The molecular weight excluding hydrogens is 517 g/mol. The zero-order valence-electron chi connectivity index (χ0n) is 21.2. The number of phosphoric ester groups is 1.